The van der Waals surface area contributed by atoms with Gasteiger partial charge < -0.3 is 15.2 Å². The van der Waals surface area contributed by atoms with Crippen molar-refractivity contribution in [3.63, 3.8) is 0 Å². The van der Waals surface area contributed by atoms with Gasteiger partial charge in [0.2, 0.25) is 6.10 Å². The van der Waals surface area contributed by atoms with E-state index in [-0.39, 0.29) is 34.8 Å². The fraction of sp³-hybridized carbons (Fsp3) is 0.0769. The number of benzene rings is 3. The van der Waals surface area contributed by atoms with E-state index in [1.807, 2.05) is 48.5 Å². The number of carbonyl (C=O) groups excluding carboxylic acids is 2. The van der Waals surface area contributed by atoms with Crippen LogP contribution in [0.3, 0.4) is 0 Å². The molecule has 0 radical (unpaired) electrons. The topological polar surface area (TPSA) is 112 Å². The summed E-state index contributed by atoms with van der Waals surface area (Å²) >= 11 is 5.82. The highest BCUT2D eigenvalue weighted by Gasteiger charge is 2.30. The highest BCUT2D eigenvalue weighted by molar-refractivity contribution is 6.32. The van der Waals surface area contributed by atoms with Gasteiger partial charge in [0.1, 0.15) is 5.75 Å². The predicted molar refractivity (Wildman–Crippen MR) is 132 cm³/mol. The number of phenols is 1. The van der Waals surface area contributed by atoms with Gasteiger partial charge in [-0.05, 0) is 35.9 Å². The van der Waals surface area contributed by atoms with Crippen molar-refractivity contribution in [2.75, 3.05) is 6.54 Å². The quantitative estimate of drug-likeness (QED) is 0.291. The number of amides is 2. The number of aliphatic imine (C=N–C) groups is 1. The fourth-order valence-electron chi connectivity index (χ4n) is 3.11. The maximum atomic E-state index is 12.1. The van der Waals surface area contributed by atoms with Gasteiger partial charge >= 0.3 is 0 Å². The third-order valence-corrected chi connectivity index (χ3v) is 5.11. The molecule has 1 aliphatic heterocycles. The maximum absolute atomic E-state index is 12.1. The first-order chi connectivity index (χ1) is 17.0. The number of ether oxygens (including phenoxy) is 1. The van der Waals surface area contributed by atoms with Crippen LogP contribution in [0, 0.1) is 11.8 Å². The number of nitrogens with one attached hydrogen (secondary N) is 2. The first-order valence-electron chi connectivity index (χ1n) is 10.5. The molecule has 1 atom stereocenters. The van der Waals surface area contributed by atoms with Crippen molar-refractivity contribution < 1.29 is 19.4 Å². The van der Waals surface area contributed by atoms with E-state index in [0.29, 0.717) is 0 Å². The van der Waals surface area contributed by atoms with Crippen LogP contribution in [-0.4, -0.2) is 35.7 Å². The molecule has 2 amide bonds. The molecule has 0 spiro atoms. The van der Waals surface area contributed by atoms with Crippen molar-refractivity contribution in [1.29, 1.82) is 0 Å². The molecule has 0 fully saturated rings. The molecule has 1 aliphatic rings. The Labute approximate surface area is 206 Å². The number of halogens is 1. The van der Waals surface area contributed by atoms with Gasteiger partial charge in [-0.25, -0.2) is 5.43 Å². The summed E-state index contributed by atoms with van der Waals surface area (Å²) in [6.07, 6.45) is 0.744. The molecule has 3 N–H and O–H groups in total. The predicted octanol–water partition coefficient (Wildman–Crippen LogP) is 3.40. The Bertz CT molecular complexity index is 1380. The molecule has 3 aromatic rings. The van der Waals surface area contributed by atoms with E-state index < -0.39 is 12.0 Å². The van der Waals surface area contributed by atoms with Gasteiger partial charge in [-0.2, -0.15) is 10.1 Å². The average molecular weight is 487 g/mol. The summed E-state index contributed by atoms with van der Waals surface area (Å²) in [4.78, 5) is 28.1. The van der Waals surface area contributed by atoms with E-state index in [2.05, 4.69) is 32.7 Å². The second-order valence-electron chi connectivity index (χ2n) is 7.31. The highest BCUT2D eigenvalue weighted by atomic mass is 35.5. The minimum Gasteiger partial charge on any atom is -0.506 e. The lowest BCUT2D eigenvalue weighted by molar-refractivity contribution is -0.122. The average Bonchev–Trinajstić information content (AvgIpc) is 3.24. The van der Waals surface area contributed by atoms with E-state index >= 15 is 0 Å². The fourth-order valence-corrected chi connectivity index (χ4v) is 3.29. The number of hydrogen-bond acceptors (Lipinski definition) is 6. The zero-order valence-corrected chi connectivity index (χ0v) is 19.0. The number of nitrogens with zero attached hydrogens (tertiary/aromatic N) is 2. The molecule has 8 nitrogen and oxygen atoms in total. The third-order valence-electron chi connectivity index (χ3n) is 4.80. The lowest BCUT2D eigenvalue weighted by Crippen LogP contribution is -2.24. The highest BCUT2D eigenvalue weighted by Crippen LogP contribution is 2.24. The summed E-state index contributed by atoms with van der Waals surface area (Å²) in [5.74, 6) is 5.03. The van der Waals surface area contributed by atoms with E-state index in [4.69, 9.17) is 16.3 Å². The number of hydrazone groups is 1. The Kier molecular flexibility index (Phi) is 7.40. The van der Waals surface area contributed by atoms with Crippen molar-refractivity contribution in [1.82, 2.24) is 10.7 Å². The van der Waals surface area contributed by atoms with Crippen molar-refractivity contribution in [3.05, 3.63) is 100 Å². The molecule has 0 aromatic heterocycles. The molecule has 1 heterocycles. The number of amidine groups is 1. The van der Waals surface area contributed by atoms with Crippen molar-refractivity contribution in [2.45, 2.75) is 6.10 Å². The van der Waals surface area contributed by atoms with Crippen LogP contribution >= 0.6 is 11.6 Å². The monoisotopic (exact) mass is 486 g/mol. The lowest BCUT2D eigenvalue weighted by Gasteiger charge is -2.09. The number of rotatable bonds is 5. The second kappa shape index (κ2) is 11.0. The molecule has 0 saturated heterocycles. The van der Waals surface area contributed by atoms with Crippen molar-refractivity contribution in [2.24, 2.45) is 10.1 Å². The second-order valence-corrected chi connectivity index (χ2v) is 7.72. The van der Waals surface area contributed by atoms with Gasteiger partial charge in [-0.3, -0.25) is 9.59 Å². The van der Waals surface area contributed by atoms with Crippen LogP contribution in [0.25, 0.3) is 0 Å². The largest absolute Gasteiger partial charge is 0.506 e. The van der Waals surface area contributed by atoms with Crippen LogP contribution in [0.15, 0.2) is 82.9 Å². The van der Waals surface area contributed by atoms with Crippen molar-refractivity contribution in [3.8, 4) is 17.6 Å². The van der Waals surface area contributed by atoms with E-state index in [1.165, 1.54) is 24.4 Å². The van der Waals surface area contributed by atoms with Gasteiger partial charge in [-0.15, -0.1) is 0 Å². The van der Waals surface area contributed by atoms with Gasteiger partial charge in [0.15, 0.2) is 0 Å². The van der Waals surface area contributed by atoms with Crippen molar-refractivity contribution >= 4 is 35.7 Å². The molecule has 1 unspecified atom stereocenters. The maximum Gasteiger partial charge on any atom is 0.296 e. The molecule has 9 heteroatoms. The van der Waals surface area contributed by atoms with Crippen LogP contribution in [-0.2, 0) is 9.53 Å². The number of hydrogen-bond donors (Lipinski definition) is 3. The Balaban J connectivity index is 1.28. The zero-order valence-electron chi connectivity index (χ0n) is 18.2. The first-order valence-corrected chi connectivity index (χ1v) is 10.9. The number of aromatic hydroxyl groups is 1. The summed E-state index contributed by atoms with van der Waals surface area (Å²) in [5.41, 5.74) is 4.88. The van der Waals surface area contributed by atoms with Crippen LogP contribution in [0.5, 0.6) is 5.75 Å². The zero-order chi connectivity index (χ0) is 24.6. The van der Waals surface area contributed by atoms with E-state index in [9.17, 15) is 14.7 Å². The van der Waals surface area contributed by atoms with Gasteiger partial charge in [0.25, 0.3) is 17.8 Å². The Morgan fingerprint density at radius 1 is 1.14 bits per heavy atom. The molecule has 3 aromatic carbocycles. The molecule has 0 saturated carbocycles. The number of carbonyl (C=O) groups is 2. The lowest BCUT2D eigenvalue weighted by atomic mass is 10.1. The minimum absolute atomic E-state index is 0.0802. The molecule has 35 heavy (non-hydrogen) atoms. The van der Waals surface area contributed by atoms with E-state index in [1.54, 1.807) is 6.07 Å². The van der Waals surface area contributed by atoms with Crippen LogP contribution in [0.1, 0.15) is 33.2 Å². The molecular weight excluding hydrogens is 468 g/mol. The summed E-state index contributed by atoms with van der Waals surface area (Å²) in [6.45, 7) is 0.233. The third kappa shape index (κ3) is 6.25. The summed E-state index contributed by atoms with van der Waals surface area (Å²) in [6, 6.07) is 20.7. The van der Waals surface area contributed by atoms with Crippen LogP contribution < -0.4 is 10.7 Å². The van der Waals surface area contributed by atoms with E-state index in [0.717, 1.165) is 16.7 Å². The first kappa shape index (κ1) is 23.5. The summed E-state index contributed by atoms with van der Waals surface area (Å²) < 4.78 is 5.59. The summed E-state index contributed by atoms with van der Waals surface area (Å²) in [5, 5.41) is 16.4. The Hall–Kier alpha value is -4.61. The molecule has 4 rings (SSSR count). The normalized spacial score (nSPS) is 14.6. The SMILES string of the molecule is O=C(N/N=C/c1cccc(C#CCNC2=NC(=O)C(c3ccccc3)O2)c1)c1ccc(O)c(Cl)c1. The smallest absolute Gasteiger partial charge is 0.296 e. The van der Waals surface area contributed by atoms with Gasteiger partial charge in [0.05, 0.1) is 17.8 Å². The standard InChI is InChI=1S/C26H19ClN4O4/c27-21-15-20(11-12-22(21)32)24(33)31-29-16-18-7-4-6-17(14-18)8-5-13-28-26-30-25(34)23(35-26)19-9-2-1-3-10-19/h1-4,6-7,9-12,14-16,23,32H,13H2,(H,31,33)(H,28,30,34)/b29-16+. The van der Waals surface area contributed by atoms with Crippen LogP contribution in [0.2, 0.25) is 5.02 Å². The Morgan fingerprint density at radius 2 is 1.97 bits per heavy atom. The summed E-state index contributed by atoms with van der Waals surface area (Å²) in [7, 11) is 0. The van der Waals surface area contributed by atoms with Gasteiger partial charge in [0, 0.05) is 16.7 Å². The molecule has 0 aliphatic carbocycles. The van der Waals surface area contributed by atoms with Crippen LogP contribution in [0.4, 0.5) is 0 Å². The minimum atomic E-state index is -0.742. The molecule has 0 bridgehead atoms. The van der Waals surface area contributed by atoms with Gasteiger partial charge in [-0.1, -0.05) is 65.9 Å². The molecule has 174 valence electrons. The Morgan fingerprint density at radius 3 is 2.77 bits per heavy atom. The number of phenolic OH excluding ortho intramolecular Hbond substituents is 1. The molecular formula is C26H19ClN4O4.